The molecule has 3 rings (SSSR count). The number of rotatable bonds is 5. The van der Waals surface area contributed by atoms with Crippen molar-refractivity contribution in [3.8, 4) is 11.3 Å². The van der Waals surface area contributed by atoms with Gasteiger partial charge in [-0.05, 0) is 24.3 Å². The average Bonchev–Trinajstić information content (AvgIpc) is 3.12. The smallest absolute Gasteiger partial charge is 0.258 e. The summed E-state index contributed by atoms with van der Waals surface area (Å²) in [6.45, 7) is 1.54. The number of amides is 1. The Morgan fingerprint density at radius 3 is 2.59 bits per heavy atom. The van der Waals surface area contributed by atoms with E-state index in [0.29, 0.717) is 20.9 Å². The standard InChI is InChI=1S/C18H14Cl2N2O3S2/c1-2-27(24,25)16-6-4-3-5-12(16)17(23)22-18-21-15(10-26-18)11-7-8-13(19)14(20)9-11/h3-10H,2H2,1H3,(H,21,22,23). The summed E-state index contributed by atoms with van der Waals surface area (Å²) in [6, 6.07) is 11.2. The first kappa shape index (κ1) is 19.8. The second-order valence-electron chi connectivity index (χ2n) is 5.52. The van der Waals surface area contributed by atoms with E-state index in [1.807, 2.05) is 0 Å². The van der Waals surface area contributed by atoms with Gasteiger partial charge in [0.1, 0.15) is 0 Å². The van der Waals surface area contributed by atoms with Crippen LogP contribution in [0.5, 0.6) is 0 Å². The van der Waals surface area contributed by atoms with Crippen LogP contribution in [-0.4, -0.2) is 25.1 Å². The molecular weight excluding hydrogens is 427 g/mol. The highest BCUT2D eigenvalue weighted by Crippen LogP contribution is 2.30. The number of halogens is 2. The van der Waals surface area contributed by atoms with Crippen molar-refractivity contribution in [3.05, 3.63) is 63.5 Å². The summed E-state index contributed by atoms with van der Waals surface area (Å²) in [5.74, 6) is -0.617. The number of carbonyl (C=O) groups excluding carboxylic acids is 1. The van der Waals surface area contributed by atoms with E-state index < -0.39 is 15.7 Å². The summed E-state index contributed by atoms with van der Waals surface area (Å²) >= 11 is 13.2. The van der Waals surface area contributed by atoms with Crippen molar-refractivity contribution in [2.75, 3.05) is 11.1 Å². The molecule has 0 atom stereocenters. The van der Waals surface area contributed by atoms with Gasteiger partial charge in [-0.1, -0.05) is 48.3 Å². The fraction of sp³-hybridized carbons (Fsp3) is 0.111. The predicted octanol–water partition coefficient (Wildman–Crippen LogP) is 5.16. The highest BCUT2D eigenvalue weighted by Gasteiger charge is 2.21. The Morgan fingerprint density at radius 2 is 1.89 bits per heavy atom. The fourth-order valence-electron chi connectivity index (χ4n) is 2.36. The summed E-state index contributed by atoms with van der Waals surface area (Å²) in [5, 5.41) is 5.63. The lowest BCUT2D eigenvalue weighted by Crippen LogP contribution is -2.17. The van der Waals surface area contributed by atoms with Crippen molar-refractivity contribution >= 4 is 55.4 Å². The van der Waals surface area contributed by atoms with Crippen LogP contribution in [-0.2, 0) is 9.84 Å². The Morgan fingerprint density at radius 1 is 1.15 bits per heavy atom. The van der Waals surface area contributed by atoms with E-state index in [-0.39, 0.29) is 16.2 Å². The van der Waals surface area contributed by atoms with Gasteiger partial charge in [-0.15, -0.1) is 11.3 Å². The quantitative estimate of drug-likeness (QED) is 0.593. The van der Waals surface area contributed by atoms with Crippen LogP contribution in [0.4, 0.5) is 5.13 Å². The van der Waals surface area contributed by atoms with Crippen LogP contribution >= 0.6 is 34.5 Å². The number of carbonyl (C=O) groups is 1. The molecule has 140 valence electrons. The SMILES string of the molecule is CCS(=O)(=O)c1ccccc1C(=O)Nc1nc(-c2ccc(Cl)c(Cl)c2)cs1. The van der Waals surface area contributed by atoms with E-state index in [1.54, 1.807) is 35.7 Å². The normalized spacial score (nSPS) is 11.4. The maximum absolute atomic E-state index is 12.6. The van der Waals surface area contributed by atoms with Crippen LogP contribution in [0.25, 0.3) is 11.3 Å². The molecule has 1 amide bonds. The van der Waals surface area contributed by atoms with E-state index in [1.165, 1.54) is 30.4 Å². The second-order valence-corrected chi connectivity index (χ2v) is 9.44. The lowest BCUT2D eigenvalue weighted by atomic mass is 10.2. The van der Waals surface area contributed by atoms with Gasteiger partial charge >= 0.3 is 0 Å². The van der Waals surface area contributed by atoms with Gasteiger partial charge in [0.2, 0.25) is 0 Å². The predicted molar refractivity (Wildman–Crippen MR) is 110 cm³/mol. The van der Waals surface area contributed by atoms with Gasteiger partial charge in [0.15, 0.2) is 15.0 Å². The van der Waals surface area contributed by atoms with Crippen molar-refractivity contribution in [1.29, 1.82) is 0 Å². The fourth-order valence-corrected chi connectivity index (χ4v) is 4.47. The van der Waals surface area contributed by atoms with Crippen molar-refractivity contribution in [2.24, 2.45) is 0 Å². The van der Waals surface area contributed by atoms with Gasteiger partial charge in [0.05, 0.1) is 32.0 Å². The number of nitrogens with zero attached hydrogens (tertiary/aromatic N) is 1. The molecule has 1 N–H and O–H groups in total. The zero-order valence-corrected chi connectivity index (χ0v) is 17.2. The largest absolute Gasteiger partial charge is 0.298 e. The third-order valence-corrected chi connectivity index (χ3v) is 7.07. The molecule has 0 spiro atoms. The van der Waals surface area contributed by atoms with E-state index in [9.17, 15) is 13.2 Å². The molecule has 1 aromatic heterocycles. The number of anilines is 1. The molecule has 5 nitrogen and oxygen atoms in total. The van der Waals surface area contributed by atoms with Crippen LogP contribution in [0, 0.1) is 0 Å². The van der Waals surface area contributed by atoms with Gasteiger partial charge in [-0.3, -0.25) is 10.1 Å². The van der Waals surface area contributed by atoms with Crippen LogP contribution in [0.1, 0.15) is 17.3 Å². The minimum atomic E-state index is -3.52. The van der Waals surface area contributed by atoms with E-state index in [0.717, 1.165) is 5.56 Å². The summed E-state index contributed by atoms with van der Waals surface area (Å²) in [4.78, 5) is 17.0. The topological polar surface area (TPSA) is 76.1 Å². The first-order chi connectivity index (χ1) is 12.8. The molecule has 0 fully saturated rings. The molecule has 0 bridgehead atoms. The molecule has 27 heavy (non-hydrogen) atoms. The first-order valence-electron chi connectivity index (χ1n) is 7.86. The summed E-state index contributed by atoms with van der Waals surface area (Å²) in [7, 11) is -3.52. The lowest BCUT2D eigenvalue weighted by molar-refractivity contribution is 0.102. The monoisotopic (exact) mass is 440 g/mol. The molecule has 0 aliphatic rings. The average molecular weight is 441 g/mol. The molecule has 0 aliphatic heterocycles. The molecule has 3 aromatic rings. The second kappa shape index (κ2) is 7.98. The Kier molecular flexibility index (Phi) is 5.86. The Hall–Kier alpha value is -1.93. The van der Waals surface area contributed by atoms with Gasteiger partial charge < -0.3 is 0 Å². The van der Waals surface area contributed by atoms with Crippen LogP contribution < -0.4 is 5.32 Å². The molecule has 0 saturated heterocycles. The highest BCUT2D eigenvalue weighted by atomic mass is 35.5. The number of sulfone groups is 1. The summed E-state index contributed by atoms with van der Waals surface area (Å²) in [6.07, 6.45) is 0. The molecular formula is C18H14Cl2N2O3S2. The van der Waals surface area contributed by atoms with Gasteiger partial charge in [-0.2, -0.15) is 0 Å². The Labute approximate surface area is 170 Å². The zero-order valence-electron chi connectivity index (χ0n) is 14.1. The number of thiazole rings is 1. The van der Waals surface area contributed by atoms with Gasteiger partial charge in [-0.25, -0.2) is 13.4 Å². The highest BCUT2D eigenvalue weighted by molar-refractivity contribution is 7.91. The third-order valence-electron chi connectivity index (χ3n) is 3.79. The van der Waals surface area contributed by atoms with E-state index in [4.69, 9.17) is 23.2 Å². The van der Waals surface area contributed by atoms with E-state index >= 15 is 0 Å². The van der Waals surface area contributed by atoms with Gasteiger partial charge in [0.25, 0.3) is 5.91 Å². The minimum absolute atomic E-state index is 0.00580. The molecule has 9 heteroatoms. The number of hydrogen-bond donors (Lipinski definition) is 1. The maximum Gasteiger partial charge on any atom is 0.258 e. The van der Waals surface area contributed by atoms with Gasteiger partial charge in [0, 0.05) is 10.9 Å². The first-order valence-corrected chi connectivity index (χ1v) is 11.1. The zero-order chi connectivity index (χ0) is 19.6. The summed E-state index contributed by atoms with van der Waals surface area (Å²) in [5.41, 5.74) is 1.48. The molecule has 1 heterocycles. The Balaban J connectivity index is 1.86. The minimum Gasteiger partial charge on any atom is -0.298 e. The molecule has 2 aromatic carbocycles. The molecule has 0 aliphatic carbocycles. The summed E-state index contributed by atoms with van der Waals surface area (Å²) < 4.78 is 24.4. The van der Waals surface area contributed by atoms with Crippen molar-refractivity contribution in [1.82, 2.24) is 4.98 Å². The molecule has 0 unspecified atom stereocenters. The molecule has 0 saturated carbocycles. The van der Waals surface area contributed by atoms with Crippen molar-refractivity contribution < 1.29 is 13.2 Å². The van der Waals surface area contributed by atoms with Crippen molar-refractivity contribution in [2.45, 2.75) is 11.8 Å². The lowest BCUT2D eigenvalue weighted by Gasteiger charge is -2.08. The molecule has 0 radical (unpaired) electrons. The maximum atomic E-state index is 12.6. The van der Waals surface area contributed by atoms with Crippen LogP contribution in [0.15, 0.2) is 52.7 Å². The van der Waals surface area contributed by atoms with Crippen LogP contribution in [0.2, 0.25) is 10.0 Å². The Bertz CT molecular complexity index is 1110. The number of hydrogen-bond acceptors (Lipinski definition) is 5. The van der Waals surface area contributed by atoms with Crippen LogP contribution in [0.3, 0.4) is 0 Å². The third kappa shape index (κ3) is 4.32. The number of nitrogens with one attached hydrogen (secondary N) is 1. The van der Waals surface area contributed by atoms with E-state index in [2.05, 4.69) is 10.3 Å². The number of aromatic nitrogens is 1. The number of benzene rings is 2. The van der Waals surface area contributed by atoms with Crippen molar-refractivity contribution in [3.63, 3.8) is 0 Å².